The van der Waals surface area contributed by atoms with Gasteiger partial charge in [-0.3, -0.25) is 19.3 Å². The summed E-state index contributed by atoms with van der Waals surface area (Å²) in [5, 5.41) is 8.64. The highest BCUT2D eigenvalue weighted by Crippen LogP contribution is 2.38. The molecule has 2 aromatic heterocycles. The molecule has 0 spiro atoms. The van der Waals surface area contributed by atoms with Crippen LogP contribution in [0.5, 0.6) is 0 Å². The maximum atomic E-state index is 14.4. The summed E-state index contributed by atoms with van der Waals surface area (Å²) < 4.78 is 16.2. The largest absolute Gasteiger partial charge is 0.353 e. The molecule has 1 saturated carbocycles. The van der Waals surface area contributed by atoms with Crippen molar-refractivity contribution in [2.75, 3.05) is 0 Å². The van der Waals surface area contributed by atoms with Gasteiger partial charge in [0.25, 0.3) is 0 Å². The second kappa shape index (κ2) is 10.2. The Labute approximate surface area is 215 Å². The highest BCUT2D eigenvalue weighted by atomic mass is 19.1. The molecule has 1 aliphatic carbocycles. The molecule has 2 aromatic carbocycles. The van der Waals surface area contributed by atoms with Crippen LogP contribution in [-0.4, -0.2) is 32.5 Å². The molecular weight excluding hydrogens is 467 g/mol. The van der Waals surface area contributed by atoms with Gasteiger partial charge < -0.3 is 5.32 Å². The van der Waals surface area contributed by atoms with Crippen molar-refractivity contribution in [3.63, 3.8) is 0 Å². The number of hydrogen-bond donors (Lipinski definition) is 1. The number of aryl methyl sites for hydroxylation is 2. The standard InChI is InChI=1S/C30H31FN4O2/c1-20-14-23(11-13-32-20)29-25-16-22(9-10-27(25)35(2)34-29)28(37)15-21-6-5-12-30(17-21,33-19-36)18-24-7-3-4-8-26(24)31/h3-4,7-11,13-14,16,19,21H,5-6,12,15,17-18H2,1-2H3,(H,33,36)/t21-,30-/m0/s1. The van der Waals surface area contributed by atoms with Gasteiger partial charge in [0.15, 0.2) is 5.78 Å². The zero-order valence-electron chi connectivity index (χ0n) is 21.2. The number of rotatable bonds is 8. The van der Waals surface area contributed by atoms with Crippen LogP contribution < -0.4 is 5.32 Å². The van der Waals surface area contributed by atoms with Crippen molar-refractivity contribution in [2.24, 2.45) is 13.0 Å². The van der Waals surface area contributed by atoms with E-state index in [9.17, 15) is 14.0 Å². The summed E-state index contributed by atoms with van der Waals surface area (Å²) in [5.74, 6) is -0.0921. The number of ketones is 1. The molecule has 1 fully saturated rings. The molecule has 0 radical (unpaired) electrons. The number of nitrogens with zero attached hydrogens (tertiary/aromatic N) is 3. The average molecular weight is 499 g/mol. The van der Waals surface area contributed by atoms with E-state index in [1.807, 2.05) is 55.1 Å². The Morgan fingerprint density at radius 1 is 1.22 bits per heavy atom. The zero-order chi connectivity index (χ0) is 26.0. The molecule has 2 atom stereocenters. The summed E-state index contributed by atoms with van der Waals surface area (Å²) in [6, 6.07) is 16.4. The molecule has 37 heavy (non-hydrogen) atoms. The van der Waals surface area contributed by atoms with Gasteiger partial charge in [-0.25, -0.2) is 4.39 Å². The predicted octanol–water partition coefficient (Wildman–Crippen LogP) is 5.57. The lowest BCUT2D eigenvalue weighted by Crippen LogP contribution is -2.50. The van der Waals surface area contributed by atoms with E-state index in [0.717, 1.165) is 47.1 Å². The third-order valence-electron chi connectivity index (χ3n) is 7.62. The fourth-order valence-corrected chi connectivity index (χ4v) is 5.86. The van der Waals surface area contributed by atoms with E-state index in [-0.39, 0.29) is 17.5 Å². The third kappa shape index (κ3) is 5.17. The molecule has 4 aromatic rings. The van der Waals surface area contributed by atoms with E-state index < -0.39 is 5.54 Å². The molecule has 1 N–H and O–H groups in total. The van der Waals surface area contributed by atoms with Crippen LogP contribution in [0.25, 0.3) is 22.2 Å². The number of carbonyl (C=O) groups is 2. The van der Waals surface area contributed by atoms with Gasteiger partial charge in [-0.05, 0) is 80.5 Å². The number of benzene rings is 2. The molecule has 0 saturated heterocycles. The van der Waals surface area contributed by atoms with Crippen LogP contribution in [0.4, 0.5) is 4.39 Å². The molecule has 1 aliphatic rings. The monoisotopic (exact) mass is 498 g/mol. The SMILES string of the molecule is Cc1cc(-c2nn(C)c3ccc(C(=O)C[C@@H]4CCC[C@](Cc5ccccc5F)(NC=O)C4)cc23)ccn1. The van der Waals surface area contributed by atoms with Crippen LogP contribution in [0.2, 0.25) is 0 Å². The molecule has 6 nitrogen and oxygen atoms in total. The van der Waals surface area contributed by atoms with Gasteiger partial charge >= 0.3 is 0 Å². The van der Waals surface area contributed by atoms with E-state index in [1.165, 1.54) is 6.07 Å². The molecular formula is C30H31FN4O2. The number of aromatic nitrogens is 3. The molecule has 0 bridgehead atoms. The maximum absolute atomic E-state index is 14.4. The Balaban J connectivity index is 1.38. The van der Waals surface area contributed by atoms with E-state index in [4.69, 9.17) is 5.10 Å². The second-order valence-electron chi connectivity index (χ2n) is 10.3. The van der Waals surface area contributed by atoms with Crippen LogP contribution in [0.1, 0.15) is 53.7 Å². The van der Waals surface area contributed by atoms with Crippen molar-refractivity contribution in [3.8, 4) is 11.3 Å². The molecule has 1 amide bonds. The fourth-order valence-electron chi connectivity index (χ4n) is 5.86. The van der Waals surface area contributed by atoms with Gasteiger partial charge in [-0.1, -0.05) is 24.6 Å². The summed E-state index contributed by atoms with van der Waals surface area (Å²) >= 11 is 0. The van der Waals surface area contributed by atoms with Crippen molar-refractivity contribution in [1.82, 2.24) is 20.1 Å². The van der Waals surface area contributed by atoms with Crippen molar-refractivity contribution in [1.29, 1.82) is 0 Å². The minimum absolute atomic E-state index is 0.0698. The summed E-state index contributed by atoms with van der Waals surface area (Å²) in [6.07, 6.45) is 6.47. The minimum atomic E-state index is -0.549. The van der Waals surface area contributed by atoms with E-state index in [0.29, 0.717) is 36.8 Å². The maximum Gasteiger partial charge on any atom is 0.207 e. The Morgan fingerprint density at radius 2 is 2.05 bits per heavy atom. The van der Waals surface area contributed by atoms with E-state index in [1.54, 1.807) is 18.3 Å². The third-order valence-corrected chi connectivity index (χ3v) is 7.62. The number of pyridine rings is 1. The number of fused-ring (bicyclic) bond motifs is 1. The van der Waals surface area contributed by atoms with Gasteiger partial charge in [0.1, 0.15) is 11.5 Å². The van der Waals surface area contributed by atoms with Crippen LogP contribution in [-0.2, 0) is 18.3 Å². The van der Waals surface area contributed by atoms with Gasteiger partial charge in [0.05, 0.1) is 5.52 Å². The lowest BCUT2D eigenvalue weighted by Gasteiger charge is -2.41. The van der Waals surface area contributed by atoms with Gasteiger partial charge in [-0.2, -0.15) is 5.10 Å². The lowest BCUT2D eigenvalue weighted by atomic mass is 9.71. The number of hydrogen-bond acceptors (Lipinski definition) is 4. The average Bonchev–Trinajstić information content (AvgIpc) is 3.21. The van der Waals surface area contributed by atoms with Crippen LogP contribution >= 0.6 is 0 Å². The zero-order valence-corrected chi connectivity index (χ0v) is 21.2. The minimum Gasteiger partial charge on any atom is -0.353 e. The first-order valence-corrected chi connectivity index (χ1v) is 12.8. The van der Waals surface area contributed by atoms with E-state index in [2.05, 4.69) is 10.3 Å². The van der Waals surface area contributed by atoms with Crippen molar-refractivity contribution in [2.45, 2.75) is 51.0 Å². The highest BCUT2D eigenvalue weighted by molar-refractivity contribution is 6.02. The lowest BCUT2D eigenvalue weighted by molar-refractivity contribution is -0.111. The number of amides is 1. The van der Waals surface area contributed by atoms with Gasteiger partial charge in [0, 0.05) is 47.4 Å². The second-order valence-corrected chi connectivity index (χ2v) is 10.3. The number of nitrogens with one attached hydrogen (secondary N) is 1. The number of halogens is 1. The van der Waals surface area contributed by atoms with Gasteiger partial charge in [0.2, 0.25) is 6.41 Å². The van der Waals surface area contributed by atoms with Crippen LogP contribution in [0.3, 0.4) is 0 Å². The first-order chi connectivity index (χ1) is 17.9. The summed E-state index contributed by atoms with van der Waals surface area (Å²) in [6.45, 7) is 1.94. The Morgan fingerprint density at radius 3 is 2.84 bits per heavy atom. The van der Waals surface area contributed by atoms with Crippen molar-refractivity contribution in [3.05, 3.63) is 83.4 Å². The summed E-state index contributed by atoms with van der Waals surface area (Å²) in [4.78, 5) is 29.3. The summed E-state index contributed by atoms with van der Waals surface area (Å²) in [5.41, 5.74) is 4.35. The Kier molecular flexibility index (Phi) is 6.87. The Hall–Kier alpha value is -3.87. The van der Waals surface area contributed by atoms with Crippen molar-refractivity contribution >= 4 is 23.1 Å². The Bertz CT molecular complexity index is 1460. The predicted molar refractivity (Wildman–Crippen MR) is 142 cm³/mol. The number of Topliss-reactive ketones (excluding diaryl/α,β-unsaturated/α-hetero) is 1. The quantitative estimate of drug-likeness (QED) is 0.254. The molecule has 0 aliphatic heterocycles. The van der Waals surface area contributed by atoms with Crippen LogP contribution in [0, 0.1) is 18.7 Å². The first-order valence-electron chi connectivity index (χ1n) is 12.8. The molecule has 5 rings (SSSR count). The van der Waals surface area contributed by atoms with Crippen molar-refractivity contribution < 1.29 is 14.0 Å². The normalized spacial score (nSPS) is 19.6. The first kappa shape index (κ1) is 24.8. The molecule has 2 heterocycles. The molecule has 190 valence electrons. The number of carbonyl (C=O) groups excluding carboxylic acids is 2. The topological polar surface area (TPSA) is 76.9 Å². The van der Waals surface area contributed by atoms with E-state index >= 15 is 0 Å². The fraction of sp³-hybridized carbons (Fsp3) is 0.333. The van der Waals surface area contributed by atoms with Gasteiger partial charge in [-0.15, -0.1) is 0 Å². The summed E-state index contributed by atoms with van der Waals surface area (Å²) in [7, 11) is 1.90. The molecule has 0 unspecified atom stereocenters. The highest BCUT2D eigenvalue weighted by Gasteiger charge is 2.37. The smallest absolute Gasteiger partial charge is 0.207 e. The van der Waals surface area contributed by atoms with Crippen LogP contribution in [0.15, 0.2) is 60.8 Å². The molecule has 7 heteroatoms.